The molecule has 0 fully saturated rings. The standard InChI is InChI=1S/C27H41F2N5O/c1-7-8-23(32-20-10-9-18-11-19(28)12-22(29)21(18)13-20)25(35)33-24-14-34(17-31-24)27(5,6)16-30-15-26(2,3)4/h11-12,14,17,20,23,30,32H,7-10,13,15-16H2,1-6H3,(H,33,35)/p+2/t20-,23-/m0/s1. The maximum absolute atomic E-state index is 14.3. The predicted octanol–water partition coefficient (Wildman–Crippen LogP) is 2.73. The molecule has 35 heavy (non-hydrogen) atoms. The third-order valence-corrected chi connectivity index (χ3v) is 6.88. The molecule has 0 unspecified atom stereocenters. The number of nitrogens with zero attached hydrogens (tertiary/aromatic N) is 2. The van der Waals surface area contributed by atoms with E-state index in [1.165, 1.54) is 6.07 Å². The molecular formula is C27H43F2N5O+2. The maximum Gasteiger partial charge on any atom is 0.283 e. The summed E-state index contributed by atoms with van der Waals surface area (Å²) in [6.45, 7) is 15.0. The van der Waals surface area contributed by atoms with Crippen molar-refractivity contribution in [2.24, 2.45) is 5.41 Å². The molecular weight excluding hydrogens is 448 g/mol. The van der Waals surface area contributed by atoms with E-state index in [2.05, 4.69) is 67.0 Å². The molecule has 5 N–H and O–H groups in total. The van der Waals surface area contributed by atoms with Gasteiger partial charge in [0.2, 0.25) is 0 Å². The van der Waals surface area contributed by atoms with Gasteiger partial charge in [0.1, 0.15) is 11.6 Å². The number of nitrogens with two attached hydrogens (primary N) is 2. The van der Waals surface area contributed by atoms with Gasteiger partial charge >= 0.3 is 0 Å². The molecule has 2 aromatic rings. The number of anilines is 1. The van der Waals surface area contributed by atoms with Crippen LogP contribution in [-0.2, 0) is 23.2 Å². The lowest BCUT2D eigenvalue weighted by Gasteiger charge is -2.27. The predicted molar refractivity (Wildman–Crippen MR) is 134 cm³/mol. The van der Waals surface area contributed by atoms with Gasteiger partial charge in [-0.1, -0.05) is 27.7 Å². The monoisotopic (exact) mass is 491 g/mol. The molecule has 194 valence electrons. The average Bonchev–Trinajstić information content (AvgIpc) is 3.22. The number of halogens is 2. The Morgan fingerprint density at radius 3 is 2.66 bits per heavy atom. The molecule has 1 heterocycles. The summed E-state index contributed by atoms with van der Waals surface area (Å²) < 4.78 is 29.9. The summed E-state index contributed by atoms with van der Waals surface area (Å²) in [6.07, 6.45) is 7.17. The Kier molecular flexibility index (Phi) is 8.70. The van der Waals surface area contributed by atoms with Crippen LogP contribution in [0.15, 0.2) is 24.7 Å². The van der Waals surface area contributed by atoms with Crippen molar-refractivity contribution < 1.29 is 24.2 Å². The summed E-state index contributed by atoms with van der Waals surface area (Å²) in [5.41, 5.74) is 1.45. The van der Waals surface area contributed by atoms with Crippen LogP contribution in [0, 0.1) is 17.0 Å². The van der Waals surface area contributed by atoms with E-state index in [0.29, 0.717) is 24.2 Å². The van der Waals surface area contributed by atoms with Crippen LogP contribution >= 0.6 is 0 Å². The van der Waals surface area contributed by atoms with Crippen molar-refractivity contribution in [3.8, 4) is 0 Å². The number of rotatable bonds is 10. The molecule has 0 saturated heterocycles. The van der Waals surface area contributed by atoms with Gasteiger partial charge in [0.25, 0.3) is 5.91 Å². The summed E-state index contributed by atoms with van der Waals surface area (Å²) >= 11 is 0. The van der Waals surface area contributed by atoms with E-state index in [0.717, 1.165) is 44.0 Å². The Hall–Kier alpha value is -2.32. The van der Waals surface area contributed by atoms with Gasteiger partial charge in [-0.2, -0.15) is 0 Å². The summed E-state index contributed by atoms with van der Waals surface area (Å²) in [5, 5.41) is 7.38. The molecule has 1 aromatic heterocycles. The van der Waals surface area contributed by atoms with Crippen molar-refractivity contribution in [2.45, 2.75) is 91.3 Å². The van der Waals surface area contributed by atoms with Crippen LogP contribution in [0.5, 0.6) is 0 Å². The second-order valence-electron chi connectivity index (χ2n) is 11.8. The molecule has 0 radical (unpaired) electrons. The van der Waals surface area contributed by atoms with Gasteiger partial charge in [-0.15, -0.1) is 0 Å². The summed E-state index contributed by atoms with van der Waals surface area (Å²) in [4.78, 5) is 17.6. The fourth-order valence-electron chi connectivity index (χ4n) is 4.83. The number of fused-ring (bicyclic) bond motifs is 1. The Morgan fingerprint density at radius 1 is 1.23 bits per heavy atom. The highest BCUT2D eigenvalue weighted by Crippen LogP contribution is 2.24. The summed E-state index contributed by atoms with van der Waals surface area (Å²) in [5.74, 6) is -0.549. The van der Waals surface area contributed by atoms with Crippen LogP contribution in [0.25, 0.3) is 0 Å². The van der Waals surface area contributed by atoms with Gasteiger partial charge in [-0.25, -0.2) is 13.8 Å². The number of carbonyl (C=O) groups is 1. The molecule has 0 spiro atoms. The second kappa shape index (κ2) is 11.2. The first kappa shape index (κ1) is 27.3. The Morgan fingerprint density at radius 2 is 1.97 bits per heavy atom. The Labute approximate surface area is 208 Å². The number of amides is 1. The Bertz CT molecular complexity index is 1010. The van der Waals surface area contributed by atoms with Gasteiger partial charge < -0.3 is 20.5 Å². The van der Waals surface area contributed by atoms with Crippen molar-refractivity contribution in [3.05, 3.63) is 47.4 Å². The molecule has 1 aliphatic carbocycles. The number of carbonyl (C=O) groups excluding carboxylic acids is 1. The van der Waals surface area contributed by atoms with E-state index in [9.17, 15) is 13.6 Å². The zero-order valence-corrected chi connectivity index (χ0v) is 22.1. The molecule has 8 heteroatoms. The first-order valence-corrected chi connectivity index (χ1v) is 12.9. The Balaban J connectivity index is 1.61. The van der Waals surface area contributed by atoms with Crippen molar-refractivity contribution in [3.63, 3.8) is 0 Å². The van der Waals surface area contributed by atoms with Crippen LogP contribution in [0.1, 0.15) is 71.9 Å². The van der Waals surface area contributed by atoms with Crippen LogP contribution in [0.4, 0.5) is 14.6 Å². The minimum absolute atomic E-state index is 0.0830. The molecule has 0 saturated carbocycles. The number of aryl methyl sites for hydroxylation is 1. The van der Waals surface area contributed by atoms with Gasteiger partial charge in [-0.3, -0.25) is 4.79 Å². The number of imidazole rings is 1. The number of hydrogen-bond donors (Lipinski definition) is 3. The van der Waals surface area contributed by atoms with E-state index >= 15 is 0 Å². The van der Waals surface area contributed by atoms with E-state index in [1.54, 1.807) is 6.33 Å². The largest absolute Gasteiger partial charge is 0.344 e. The normalized spacial score (nSPS) is 17.2. The highest BCUT2D eigenvalue weighted by atomic mass is 19.1. The first-order chi connectivity index (χ1) is 16.4. The van der Waals surface area contributed by atoms with Gasteiger partial charge in [0.15, 0.2) is 11.9 Å². The number of quaternary nitrogens is 2. The molecule has 0 bridgehead atoms. The molecule has 0 aliphatic heterocycles. The number of nitrogens with one attached hydrogen (secondary N) is 1. The molecule has 1 aliphatic rings. The fraction of sp³-hybridized carbons (Fsp3) is 0.630. The zero-order valence-electron chi connectivity index (χ0n) is 22.1. The minimum atomic E-state index is -0.526. The number of benzene rings is 1. The molecule has 6 nitrogen and oxygen atoms in total. The highest BCUT2D eigenvalue weighted by molar-refractivity contribution is 5.92. The van der Waals surface area contributed by atoms with Crippen LogP contribution < -0.4 is 16.0 Å². The second-order valence-corrected chi connectivity index (χ2v) is 11.8. The maximum atomic E-state index is 14.3. The first-order valence-electron chi connectivity index (χ1n) is 12.9. The van der Waals surface area contributed by atoms with E-state index in [1.807, 2.05) is 6.20 Å². The lowest BCUT2D eigenvalue weighted by Crippen LogP contribution is -2.97. The van der Waals surface area contributed by atoms with Crippen LogP contribution in [0.3, 0.4) is 0 Å². The summed E-state index contributed by atoms with van der Waals surface area (Å²) in [7, 11) is 0. The van der Waals surface area contributed by atoms with Crippen molar-refractivity contribution in [1.29, 1.82) is 0 Å². The van der Waals surface area contributed by atoms with Crippen LogP contribution in [0.2, 0.25) is 0 Å². The minimum Gasteiger partial charge on any atom is -0.344 e. The third-order valence-electron chi connectivity index (χ3n) is 6.88. The van der Waals surface area contributed by atoms with Crippen LogP contribution in [-0.4, -0.2) is 40.6 Å². The van der Waals surface area contributed by atoms with E-state index in [4.69, 9.17) is 0 Å². The molecule has 2 atom stereocenters. The van der Waals surface area contributed by atoms with E-state index < -0.39 is 11.6 Å². The zero-order chi connectivity index (χ0) is 25.8. The van der Waals surface area contributed by atoms with Crippen molar-refractivity contribution in [1.82, 2.24) is 9.55 Å². The van der Waals surface area contributed by atoms with Gasteiger partial charge in [-0.05, 0) is 43.9 Å². The molecule has 1 amide bonds. The van der Waals surface area contributed by atoms with Gasteiger partial charge in [0, 0.05) is 36.9 Å². The molecule has 3 rings (SSSR count). The number of aromatic nitrogens is 2. The smallest absolute Gasteiger partial charge is 0.283 e. The number of hydrogen-bond acceptors (Lipinski definition) is 2. The lowest BCUT2D eigenvalue weighted by atomic mass is 9.87. The summed E-state index contributed by atoms with van der Waals surface area (Å²) in [6, 6.07) is 2.19. The van der Waals surface area contributed by atoms with Crippen molar-refractivity contribution >= 4 is 11.7 Å². The average molecular weight is 492 g/mol. The van der Waals surface area contributed by atoms with Crippen molar-refractivity contribution in [2.75, 3.05) is 18.4 Å². The SMILES string of the molecule is CCC[C@H]([NH2+][C@H]1CCc2cc(F)cc(F)c2C1)C(=O)Nc1cn(C(C)(C)C[NH2+]CC(C)(C)C)cn1. The molecule has 1 aromatic carbocycles. The van der Waals surface area contributed by atoms with Gasteiger partial charge in [0.05, 0.1) is 31.0 Å². The fourth-order valence-corrected chi connectivity index (χ4v) is 4.83. The highest BCUT2D eigenvalue weighted by Gasteiger charge is 2.31. The van der Waals surface area contributed by atoms with E-state index in [-0.39, 0.29) is 28.9 Å². The topological polar surface area (TPSA) is 80.1 Å². The lowest BCUT2D eigenvalue weighted by molar-refractivity contribution is -0.710. The quantitative estimate of drug-likeness (QED) is 0.478. The third kappa shape index (κ3) is 7.58.